The summed E-state index contributed by atoms with van der Waals surface area (Å²) in [4.78, 5) is 36.7. The number of carbonyl (C=O) groups is 2. The maximum absolute atomic E-state index is 13.1. The Morgan fingerprint density at radius 2 is 2.21 bits per heavy atom. The van der Waals surface area contributed by atoms with Crippen molar-refractivity contribution in [3.05, 3.63) is 46.9 Å². The lowest BCUT2D eigenvalue weighted by Gasteiger charge is -2.31. The first-order valence-electron chi connectivity index (χ1n) is 9.42. The Labute approximate surface area is 172 Å². The monoisotopic (exact) mass is 411 g/mol. The van der Waals surface area contributed by atoms with E-state index in [2.05, 4.69) is 20.4 Å². The molecule has 0 radical (unpaired) electrons. The van der Waals surface area contributed by atoms with Gasteiger partial charge in [0.2, 0.25) is 5.91 Å². The Morgan fingerprint density at radius 1 is 1.34 bits per heavy atom. The molecule has 0 bridgehead atoms. The van der Waals surface area contributed by atoms with Crippen LogP contribution < -0.4 is 5.32 Å². The highest BCUT2D eigenvalue weighted by molar-refractivity contribution is 7.17. The summed E-state index contributed by atoms with van der Waals surface area (Å²) >= 11 is 1.36. The smallest absolute Gasteiger partial charge is 0.265 e. The van der Waals surface area contributed by atoms with Crippen LogP contribution in [0.1, 0.15) is 34.0 Å². The van der Waals surface area contributed by atoms with Crippen LogP contribution in [-0.4, -0.2) is 44.9 Å². The number of nitrogens with zero attached hydrogens (tertiary/aromatic N) is 4. The van der Waals surface area contributed by atoms with E-state index in [4.69, 9.17) is 4.52 Å². The van der Waals surface area contributed by atoms with Gasteiger partial charge in [0.15, 0.2) is 5.82 Å². The minimum atomic E-state index is -0.282. The van der Waals surface area contributed by atoms with Gasteiger partial charge >= 0.3 is 0 Å². The minimum absolute atomic E-state index is 0.0788. The topological polar surface area (TPSA) is 101 Å². The van der Waals surface area contributed by atoms with Gasteiger partial charge in [-0.1, -0.05) is 5.16 Å². The number of aryl methyl sites for hydroxylation is 2. The van der Waals surface area contributed by atoms with Gasteiger partial charge in [-0.05, 0) is 38.8 Å². The molecule has 29 heavy (non-hydrogen) atoms. The molecule has 8 nitrogen and oxygen atoms in total. The summed E-state index contributed by atoms with van der Waals surface area (Å²) < 4.78 is 4.98. The number of piperidine rings is 1. The number of amides is 2. The normalized spacial score (nSPS) is 16.6. The number of pyridine rings is 1. The van der Waals surface area contributed by atoms with Crippen molar-refractivity contribution in [2.45, 2.75) is 26.7 Å². The summed E-state index contributed by atoms with van der Waals surface area (Å²) in [7, 11) is 0. The van der Waals surface area contributed by atoms with Crippen molar-refractivity contribution < 1.29 is 14.1 Å². The molecule has 9 heteroatoms. The minimum Gasteiger partial charge on any atom is -0.360 e. The van der Waals surface area contributed by atoms with Gasteiger partial charge in [-0.15, -0.1) is 11.3 Å². The number of hydrogen-bond donors (Lipinski definition) is 1. The predicted octanol–water partition coefficient (Wildman–Crippen LogP) is 3.30. The van der Waals surface area contributed by atoms with Crippen molar-refractivity contribution in [3.63, 3.8) is 0 Å². The van der Waals surface area contributed by atoms with E-state index in [0.717, 1.165) is 23.4 Å². The summed E-state index contributed by atoms with van der Waals surface area (Å²) in [5, 5.41) is 7.34. The first kappa shape index (κ1) is 19.3. The molecule has 0 spiro atoms. The quantitative estimate of drug-likeness (QED) is 0.707. The van der Waals surface area contributed by atoms with Crippen LogP contribution in [0.3, 0.4) is 0 Å². The number of likely N-dealkylation sites (tertiary alicyclic amines) is 1. The first-order valence-corrected chi connectivity index (χ1v) is 10.2. The van der Waals surface area contributed by atoms with E-state index in [-0.39, 0.29) is 17.7 Å². The van der Waals surface area contributed by atoms with Crippen LogP contribution in [0.2, 0.25) is 0 Å². The summed E-state index contributed by atoms with van der Waals surface area (Å²) in [6.45, 7) is 4.61. The average molecular weight is 411 g/mol. The van der Waals surface area contributed by atoms with E-state index in [9.17, 15) is 9.59 Å². The van der Waals surface area contributed by atoms with Crippen molar-refractivity contribution in [1.29, 1.82) is 0 Å². The van der Waals surface area contributed by atoms with Gasteiger partial charge in [0.05, 0.1) is 11.6 Å². The van der Waals surface area contributed by atoms with E-state index >= 15 is 0 Å². The Kier molecular flexibility index (Phi) is 5.39. The zero-order valence-corrected chi connectivity index (χ0v) is 17.0. The molecule has 1 N–H and O–H groups in total. The Balaban J connectivity index is 1.46. The molecule has 4 heterocycles. The number of thiazole rings is 1. The van der Waals surface area contributed by atoms with Crippen LogP contribution in [-0.2, 0) is 4.79 Å². The third-order valence-corrected chi connectivity index (χ3v) is 6.05. The fraction of sp³-hybridized carbons (Fsp3) is 0.350. The molecule has 0 aliphatic carbocycles. The molecule has 150 valence electrons. The molecule has 3 aromatic heterocycles. The number of hydrogen-bond acceptors (Lipinski definition) is 7. The number of nitrogens with one attached hydrogen (secondary N) is 1. The average Bonchev–Trinajstić information content (AvgIpc) is 3.33. The van der Waals surface area contributed by atoms with Crippen LogP contribution in [0.5, 0.6) is 0 Å². The summed E-state index contributed by atoms with van der Waals surface area (Å²) in [6.07, 6.45) is 4.94. The molecule has 1 aliphatic rings. The zero-order valence-electron chi connectivity index (χ0n) is 16.2. The second-order valence-corrected chi connectivity index (χ2v) is 8.08. The predicted molar refractivity (Wildman–Crippen MR) is 109 cm³/mol. The third kappa shape index (κ3) is 4.19. The maximum Gasteiger partial charge on any atom is 0.265 e. The molecular formula is C20H21N5O3S. The highest BCUT2D eigenvalue weighted by Crippen LogP contribution is 2.29. The van der Waals surface area contributed by atoms with Crippen molar-refractivity contribution in [2.75, 3.05) is 18.4 Å². The van der Waals surface area contributed by atoms with Crippen LogP contribution >= 0.6 is 11.3 Å². The van der Waals surface area contributed by atoms with E-state index in [1.807, 2.05) is 19.1 Å². The molecule has 1 atom stereocenters. The summed E-state index contributed by atoms with van der Waals surface area (Å²) in [5.41, 5.74) is 1.59. The molecular weight excluding hydrogens is 390 g/mol. The second-order valence-electron chi connectivity index (χ2n) is 7.08. The Bertz CT molecular complexity index is 1030. The first-order chi connectivity index (χ1) is 14.0. The molecule has 1 aliphatic heterocycles. The van der Waals surface area contributed by atoms with Crippen LogP contribution in [0.15, 0.2) is 35.1 Å². The number of anilines is 1. The van der Waals surface area contributed by atoms with Gasteiger partial charge < -0.3 is 14.7 Å². The SMILES string of the molecule is Cc1cc(NC(=O)C2CCCN(C(=O)c3sc(-c4cccnc4)nc3C)C2)no1. The summed E-state index contributed by atoms with van der Waals surface area (Å²) in [6, 6.07) is 5.44. The van der Waals surface area contributed by atoms with Crippen molar-refractivity contribution in [1.82, 2.24) is 20.0 Å². The fourth-order valence-electron chi connectivity index (χ4n) is 3.38. The van der Waals surface area contributed by atoms with E-state index in [1.165, 1.54) is 11.3 Å². The van der Waals surface area contributed by atoms with Gasteiger partial charge in [-0.25, -0.2) is 4.98 Å². The maximum atomic E-state index is 13.1. The number of carbonyl (C=O) groups excluding carboxylic acids is 2. The second kappa shape index (κ2) is 8.12. The lowest BCUT2D eigenvalue weighted by Crippen LogP contribution is -2.43. The van der Waals surface area contributed by atoms with Gasteiger partial charge in [0.1, 0.15) is 15.6 Å². The molecule has 0 aromatic carbocycles. The molecule has 1 saturated heterocycles. The third-order valence-electron chi connectivity index (χ3n) is 4.86. The van der Waals surface area contributed by atoms with E-state index in [0.29, 0.717) is 35.2 Å². The molecule has 2 amide bonds. The van der Waals surface area contributed by atoms with Crippen LogP contribution in [0.25, 0.3) is 10.6 Å². The molecule has 1 unspecified atom stereocenters. The highest BCUT2D eigenvalue weighted by atomic mass is 32.1. The van der Waals surface area contributed by atoms with Crippen LogP contribution in [0, 0.1) is 19.8 Å². The number of rotatable bonds is 4. The van der Waals surface area contributed by atoms with Crippen molar-refractivity contribution in [2.24, 2.45) is 5.92 Å². The van der Waals surface area contributed by atoms with Gasteiger partial charge in [-0.3, -0.25) is 14.6 Å². The highest BCUT2D eigenvalue weighted by Gasteiger charge is 2.31. The fourth-order valence-corrected chi connectivity index (χ4v) is 4.40. The van der Waals surface area contributed by atoms with Crippen molar-refractivity contribution in [3.8, 4) is 10.6 Å². The molecule has 4 rings (SSSR count). The summed E-state index contributed by atoms with van der Waals surface area (Å²) in [5.74, 6) is 0.523. The van der Waals surface area contributed by atoms with E-state index < -0.39 is 0 Å². The largest absolute Gasteiger partial charge is 0.360 e. The Hall–Kier alpha value is -3.07. The zero-order chi connectivity index (χ0) is 20.4. The van der Waals surface area contributed by atoms with E-state index in [1.54, 1.807) is 30.3 Å². The van der Waals surface area contributed by atoms with Crippen LogP contribution in [0.4, 0.5) is 5.82 Å². The molecule has 3 aromatic rings. The van der Waals surface area contributed by atoms with Gasteiger partial charge in [-0.2, -0.15) is 0 Å². The Morgan fingerprint density at radius 3 is 2.93 bits per heavy atom. The molecule has 1 fully saturated rings. The van der Waals surface area contributed by atoms with Crippen molar-refractivity contribution >= 4 is 29.0 Å². The van der Waals surface area contributed by atoms with Gasteiger partial charge in [0, 0.05) is 37.1 Å². The molecule has 0 saturated carbocycles. The number of aromatic nitrogens is 3. The van der Waals surface area contributed by atoms with Gasteiger partial charge in [0.25, 0.3) is 5.91 Å². The lowest BCUT2D eigenvalue weighted by atomic mass is 9.97. The lowest BCUT2D eigenvalue weighted by molar-refractivity contribution is -0.121. The standard InChI is InChI=1S/C20H21N5O3S/c1-12-9-16(24-28-12)23-18(26)15-6-4-8-25(11-15)20(27)17-13(2)22-19(29-17)14-5-3-7-21-10-14/h3,5,7,9-10,15H,4,6,8,11H2,1-2H3,(H,23,24,26).